The van der Waals surface area contributed by atoms with Crippen molar-refractivity contribution >= 4 is 40.4 Å². The van der Waals surface area contributed by atoms with Crippen molar-refractivity contribution in [2.45, 2.75) is 31.2 Å². The minimum Gasteiger partial charge on any atom is -0.345 e. The van der Waals surface area contributed by atoms with E-state index in [1.54, 1.807) is 6.07 Å². The number of hydrogen-bond acceptors (Lipinski definition) is 2. The first-order valence-corrected chi connectivity index (χ1v) is 7.08. The van der Waals surface area contributed by atoms with Crippen LogP contribution in [0.2, 0.25) is 5.02 Å². The van der Waals surface area contributed by atoms with Crippen LogP contribution in [0.4, 0.5) is 0 Å². The van der Waals surface area contributed by atoms with Crippen LogP contribution in [-0.2, 0) is 0 Å². The summed E-state index contributed by atoms with van der Waals surface area (Å²) < 4.78 is 0. The maximum atomic E-state index is 12.0. The molecule has 1 aliphatic rings. The number of thiophene rings is 1. The van der Waals surface area contributed by atoms with Crippen molar-refractivity contribution in [3.63, 3.8) is 0 Å². The molecule has 5 heteroatoms. The molecule has 1 N–H and O–H groups in total. The van der Waals surface area contributed by atoms with Gasteiger partial charge in [-0.1, -0.05) is 24.4 Å². The summed E-state index contributed by atoms with van der Waals surface area (Å²) in [6.45, 7) is 0. The van der Waals surface area contributed by atoms with Gasteiger partial charge in [0.05, 0.1) is 10.6 Å². The molecule has 16 heavy (non-hydrogen) atoms. The van der Waals surface area contributed by atoms with Gasteiger partial charge in [0.15, 0.2) is 0 Å². The summed E-state index contributed by atoms with van der Waals surface area (Å²) in [6, 6.07) is 1.74. The molecule has 0 aromatic carbocycles. The zero-order valence-corrected chi connectivity index (χ0v) is 11.1. The highest BCUT2D eigenvalue weighted by molar-refractivity contribution is 7.12. The Hall–Kier alpha value is -0.250. The van der Waals surface area contributed by atoms with Crippen molar-refractivity contribution in [1.29, 1.82) is 0 Å². The van der Waals surface area contributed by atoms with E-state index in [2.05, 4.69) is 5.32 Å². The molecule has 0 atom stereocenters. The number of carbonyl (C=O) groups is 1. The standard InChI is InChI=1S/C11H13Cl2NOS/c12-7-11(4-1-2-5-11)14-10(15)9-8(13)3-6-16-9/h3,6H,1-2,4-5,7H2,(H,14,15). The second-order valence-corrected chi connectivity index (χ2v) is 5.76. The Kier molecular flexibility index (Phi) is 3.77. The van der Waals surface area contributed by atoms with Gasteiger partial charge in [-0.3, -0.25) is 4.79 Å². The number of halogens is 2. The monoisotopic (exact) mass is 277 g/mol. The van der Waals surface area contributed by atoms with Crippen LogP contribution in [0.25, 0.3) is 0 Å². The summed E-state index contributed by atoms with van der Waals surface area (Å²) in [6.07, 6.45) is 4.19. The molecular weight excluding hydrogens is 265 g/mol. The fourth-order valence-electron chi connectivity index (χ4n) is 2.10. The first kappa shape index (κ1) is 12.2. The normalized spacial score (nSPS) is 18.6. The number of nitrogens with one attached hydrogen (secondary N) is 1. The van der Waals surface area contributed by atoms with Gasteiger partial charge in [-0.2, -0.15) is 0 Å². The molecule has 1 fully saturated rings. The lowest BCUT2D eigenvalue weighted by atomic mass is 10.0. The number of alkyl halides is 1. The average Bonchev–Trinajstić information content (AvgIpc) is 2.87. The largest absolute Gasteiger partial charge is 0.345 e. The summed E-state index contributed by atoms with van der Waals surface area (Å²) in [4.78, 5) is 12.6. The molecule has 1 aromatic rings. The number of rotatable bonds is 3. The number of carbonyl (C=O) groups excluding carboxylic acids is 1. The van der Waals surface area contributed by atoms with Crippen molar-refractivity contribution in [2.24, 2.45) is 0 Å². The number of amides is 1. The second-order valence-electron chi connectivity index (χ2n) is 4.17. The Bertz CT molecular complexity index is 385. The third-order valence-corrected chi connectivity index (χ3v) is 4.87. The summed E-state index contributed by atoms with van der Waals surface area (Å²) in [5.74, 6) is 0.379. The molecule has 1 aliphatic carbocycles. The quantitative estimate of drug-likeness (QED) is 0.839. The fourth-order valence-corrected chi connectivity index (χ4v) is 3.47. The highest BCUT2D eigenvalue weighted by Gasteiger charge is 2.35. The zero-order chi connectivity index (χ0) is 11.6. The molecule has 0 bridgehead atoms. The van der Waals surface area contributed by atoms with E-state index in [0.717, 1.165) is 25.7 Å². The number of hydrogen-bond donors (Lipinski definition) is 1. The van der Waals surface area contributed by atoms with Crippen molar-refractivity contribution in [1.82, 2.24) is 5.32 Å². The van der Waals surface area contributed by atoms with Crippen LogP contribution in [-0.4, -0.2) is 17.3 Å². The maximum absolute atomic E-state index is 12.0. The lowest BCUT2D eigenvalue weighted by Gasteiger charge is -2.27. The molecule has 1 amide bonds. The van der Waals surface area contributed by atoms with Crippen LogP contribution < -0.4 is 5.32 Å². The van der Waals surface area contributed by atoms with Crippen molar-refractivity contribution in [3.05, 3.63) is 21.3 Å². The van der Waals surface area contributed by atoms with Gasteiger partial charge in [0.1, 0.15) is 4.88 Å². The van der Waals surface area contributed by atoms with E-state index in [4.69, 9.17) is 23.2 Å². The molecule has 2 nitrogen and oxygen atoms in total. The molecule has 0 aliphatic heterocycles. The Morgan fingerprint density at radius 2 is 2.19 bits per heavy atom. The molecule has 0 saturated heterocycles. The van der Waals surface area contributed by atoms with Gasteiger partial charge in [-0.05, 0) is 24.3 Å². The predicted molar refractivity (Wildman–Crippen MR) is 68.7 cm³/mol. The van der Waals surface area contributed by atoms with Gasteiger partial charge in [0.2, 0.25) is 0 Å². The molecule has 1 saturated carbocycles. The van der Waals surface area contributed by atoms with Crippen LogP contribution in [0.5, 0.6) is 0 Å². The summed E-state index contributed by atoms with van der Waals surface area (Å²) in [5, 5.41) is 5.38. The van der Waals surface area contributed by atoms with E-state index >= 15 is 0 Å². The Morgan fingerprint density at radius 3 is 2.69 bits per heavy atom. The molecule has 2 rings (SSSR count). The van der Waals surface area contributed by atoms with Gasteiger partial charge in [0.25, 0.3) is 5.91 Å². The van der Waals surface area contributed by atoms with Crippen LogP contribution in [0.3, 0.4) is 0 Å². The molecule has 0 spiro atoms. The average molecular weight is 278 g/mol. The summed E-state index contributed by atoms with van der Waals surface area (Å²) in [5.41, 5.74) is -0.216. The Labute approximate surface area is 109 Å². The van der Waals surface area contributed by atoms with E-state index in [0.29, 0.717) is 15.8 Å². The summed E-state index contributed by atoms with van der Waals surface area (Å²) in [7, 11) is 0. The second kappa shape index (κ2) is 4.94. The van der Waals surface area contributed by atoms with E-state index in [1.165, 1.54) is 11.3 Å². The third-order valence-electron chi connectivity index (χ3n) is 3.02. The van der Waals surface area contributed by atoms with E-state index in [1.807, 2.05) is 5.38 Å². The van der Waals surface area contributed by atoms with E-state index in [-0.39, 0.29) is 11.4 Å². The smallest absolute Gasteiger partial charge is 0.263 e. The van der Waals surface area contributed by atoms with Gasteiger partial charge >= 0.3 is 0 Å². The van der Waals surface area contributed by atoms with Crippen LogP contribution in [0.1, 0.15) is 35.4 Å². The third kappa shape index (κ3) is 2.36. The minimum absolute atomic E-state index is 0.0949. The molecule has 1 heterocycles. The van der Waals surface area contributed by atoms with Crippen LogP contribution >= 0.6 is 34.5 Å². The first-order valence-electron chi connectivity index (χ1n) is 5.28. The van der Waals surface area contributed by atoms with Gasteiger partial charge in [-0.25, -0.2) is 0 Å². The van der Waals surface area contributed by atoms with Crippen LogP contribution in [0, 0.1) is 0 Å². The van der Waals surface area contributed by atoms with Crippen molar-refractivity contribution in [3.8, 4) is 0 Å². The Balaban J connectivity index is 2.09. The lowest BCUT2D eigenvalue weighted by molar-refractivity contribution is 0.0913. The highest BCUT2D eigenvalue weighted by atomic mass is 35.5. The summed E-state index contributed by atoms with van der Waals surface area (Å²) >= 11 is 13.3. The van der Waals surface area contributed by atoms with Gasteiger partial charge in [-0.15, -0.1) is 22.9 Å². The Morgan fingerprint density at radius 1 is 1.50 bits per heavy atom. The van der Waals surface area contributed by atoms with E-state index < -0.39 is 0 Å². The zero-order valence-electron chi connectivity index (χ0n) is 8.76. The molecular formula is C11H13Cl2NOS. The van der Waals surface area contributed by atoms with Gasteiger partial charge < -0.3 is 5.32 Å². The molecule has 0 radical (unpaired) electrons. The maximum Gasteiger partial charge on any atom is 0.263 e. The fraction of sp³-hybridized carbons (Fsp3) is 0.545. The molecule has 1 aromatic heterocycles. The van der Waals surface area contributed by atoms with Crippen molar-refractivity contribution in [2.75, 3.05) is 5.88 Å². The SMILES string of the molecule is O=C(NC1(CCl)CCCC1)c1sccc1Cl. The van der Waals surface area contributed by atoms with Crippen molar-refractivity contribution < 1.29 is 4.79 Å². The first-order chi connectivity index (χ1) is 7.67. The lowest BCUT2D eigenvalue weighted by Crippen LogP contribution is -2.47. The van der Waals surface area contributed by atoms with Crippen LogP contribution in [0.15, 0.2) is 11.4 Å². The molecule has 88 valence electrons. The van der Waals surface area contributed by atoms with E-state index in [9.17, 15) is 4.79 Å². The predicted octanol–water partition coefficient (Wildman–Crippen LogP) is 3.68. The van der Waals surface area contributed by atoms with Gasteiger partial charge in [0, 0.05) is 5.88 Å². The minimum atomic E-state index is -0.216. The molecule has 0 unspecified atom stereocenters. The highest BCUT2D eigenvalue weighted by Crippen LogP contribution is 2.32. The topological polar surface area (TPSA) is 29.1 Å².